The third kappa shape index (κ3) is 6.77. The van der Waals surface area contributed by atoms with Gasteiger partial charge in [0, 0.05) is 35.6 Å². The number of nitrogens with zero attached hydrogens (tertiary/aromatic N) is 2. The zero-order chi connectivity index (χ0) is 28.5. The molecule has 1 saturated carbocycles. The highest BCUT2D eigenvalue weighted by Crippen LogP contribution is 2.35. The number of aromatic nitrogens is 1. The number of fused-ring (bicyclic) bond motifs is 1. The predicted molar refractivity (Wildman–Crippen MR) is 162 cm³/mol. The Kier molecular flexibility index (Phi) is 8.69. The maximum absolute atomic E-state index is 14.9. The standard InChI is InChI=1S/C32H42FN3O2S2/c1-22(30-20-34-31(39-30)32(2,3)4)36-17-16-25-19-27(14-13-26(25)21-36)40(37,38)35-29-15-12-24(18-28(29)33)11-7-10-23-8-5-6-9-23/h12-15,18-20,22-23,35H,5-11,16-17,21H2,1-4H3. The van der Waals surface area contributed by atoms with Crippen LogP contribution in [0.2, 0.25) is 0 Å². The summed E-state index contributed by atoms with van der Waals surface area (Å²) in [6.45, 7) is 10.3. The molecule has 1 aliphatic heterocycles. The highest BCUT2D eigenvalue weighted by atomic mass is 32.2. The van der Waals surface area contributed by atoms with Crippen molar-refractivity contribution in [3.8, 4) is 0 Å². The molecule has 2 heterocycles. The molecule has 0 bridgehead atoms. The molecule has 216 valence electrons. The predicted octanol–water partition coefficient (Wildman–Crippen LogP) is 8.01. The Morgan fingerprint density at radius 1 is 1.12 bits per heavy atom. The fourth-order valence-electron chi connectivity index (χ4n) is 5.95. The van der Waals surface area contributed by atoms with Crippen molar-refractivity contribution in [3.05, 3.63) is 75.0 Å². The largest absolute Gasteiger partial charge is 0.291 e. The van der Waals surface area contributed by atoms with Gasteiger partial charge in [-0.15, -0.1) is 11.3 Å². The van der Waals surface area contributed by atoms with Gasteiger partial charge in [-0.3, -0.25) is 9.62 Å². The molecule has 2 aliphatic rings. The molecule has 5 rings (SSSR count). The van der Waals surface area contributed by atoms with E-state index in [9.17, 15) is 12.8 Å². The minimum absolute atomic E-state index is 0.00329. The summed E-state index contributed by atoms with van der Waals surface area (Å²) in [7, 11) is -3.90. The van der Waals surface area contributed by atoms with E-state index in [1.165, 1.54) is 43.0 Å². The number of sulfonamides is 1. The number of anilines is 1. The Hall–Kier alpha value is -2.29. The molecule has 1 fully saturated rings. The maximum atomic E-state index is 14.9. The van der Waals surface area contributed by atoms with E-state index >= 15 is 0 Å². The van der Waals surface area contributed by atoms with Gasteiger partial charge >= 0.3 is 0 Å². The normalized spacial score (nSPS) is 17.6. The van der Waals surface area contributed by atoms with Crippen LogP contribution in [0.3, 0.4) is 0 Å². The van der Waals surface area contributed by atoms with Crippen LogP contribution in [0.5, 0.6) is 0 Å². The molecule has 40 heavy (non-hydrogen) atoms. The number of rotatable bonds is 9. The Morgan fingerprint density at radius 3 is 2.60 bits per heavy atom. The molecule has 2 aromatic carbocycles. The van der Waals surface area contributed by atoms with Gasteiger partial charge in [0.25, 0.3) is 10.0 Å². The van der Waals surface area contributed by atoms with Crippen LogP contribution in [0.1, 0.15) is 98.8 Å². The minimum Gasteiger partial charge on any atom is -0.291 e. The summed E-state index contributed by atoms with van der Waals surface area (Å²) in [5, 5.41) is 1.14. The number of aryl methyl sites for hydroxylation is 1. The Bertz CT molecular complexity index is 1440. The first-order valence-electron chi connectivity index (χ1n) is 14.6. The molecular formula is C32H42FN3O2S2. The average molecular weight is 584 g/mol. The minimum atomic E-state index is -3.90. The SMILES string of the molecule is CC(c1cnc(C(C)(C)C)s1)N1CCc2cc(S(=O)(=O)Nc3ccc(CCCC4CCCC4)cc3F)ccc2C1. The lowest BCUT2D eigenvalue weighted by Crippen LogP contribution is -2.32. The van der Waals surface area contributed by atoms with E-state index in [0.29, 0.717) is 0 Å². The van der Waals surface area contributed by atoms with Crippen molar-refractivity contribution in [2.45, 2.75) is 102 Å². The van der Waals surface area contributed by atoms with E-state index in [2.05, 4.69) is 42.3 Å². The van der Waals surface area contributed by atoms with Gasteiger partial charge in [-0.05, 0) is 73.1 Å². The highest BCUT2D eigenvalue weighted by Gasteiger charge is 2.27. The smallest absolute Gasteiger partial charge is 0.261 e. The summed E-state index contributed by atoms with van der Waals surface area (Å²) < 4.78 is 43.8. The van der Waals surface area contributed by atoms with Crippen LogP contribution in [0.4, 0.5) is 10.1 Å². The summed E-state index contributed by atoms with van der Waals surface area (Å²) in [5.41, 5.74) is 3.11. The first kappa shape index (κ1) is 29.2. The van der Waals surface area contributed by atoms with Gasteiger partial charge in [0.1, 0.15) is 5.82 Å². The average Bonchev–Trinajstić information content (AvgIpc) is 3.62. The van der Waals surface area contributed by atoms with Crippen molar-refractivity contribution < 1.29 is 12.8 Å². The second-order valence-corrected chi connectivity index (χ2v) is 15.4. The first-order chi connectivity index (χ1) is 19.0. The van der Waals surface area contributed by atoms with Gasteiger partial charge < -0.3 is 0 Å². The molecule has 1 aromatic heterocycles. The Balaban J connectivity index is 1.22. The lowest BCUT2D eigenvalue weighted by atomic mass is 9.98. The van der Waals surface area contributed by atoms with E-state index < -0.39 is 15.8 Å². The van der Waals surface area contributed by atoms with Crippen LogP contribution in [-0.4, -0.2) is 24.8 Å². The number of nitrogens with one attached hydrogen (secondary N) is 1. The van der Waals surface area contributed by atoms with Crippen molar-refractivity contribution in [1.29, 1.82) is 0 Å². The molecule has 1 unspecified atom stereocenters. The summed E-state index contributed by atoms with van der Waals surface area (Å²) in [4.78, 5) is 8.49. The van der Waals surface area contributed by atoms with Crippen LogP contribution < -0.4 is 4.72 Å². The van der Waals surface area contributed by atoms with E-state index in [0.717, 1.165) is 60.0 Å². The second-order valence-electron chi connectivity index (χ2n) is 12.6. The Morgan fingerprint density at radius 2 is 1.90 bits per heavy atom. The van der Waals surface area contributed by atoms with E-state index in [1.54, 1.807) is 29.5 Å². The maximum Gasteiger partial charge on any atom is 0.261 e. The zero-order valence-electron chi connectivity index (χ0n) is 24.2. The number of benzene rings is 2. The Labute approximate surface area is 243 Å². The van der Waals surface area contributed by atoms with E-state index in [1.807, 2.05) is 18.3 Å². The van der Waals surface area contributed by atoms with Crippen molar-refractivity contribution in [2.75, 3.05) is 11.3 Å². The quantitative estimate of drug-likeness (QED) is 0.277. The van der Waals surface area contributed by atoms with Crippen molar-refractivity contribution in [3.63, 3.8) is 0 Å². The van der Waals surface area contributed by atoms with Gasteiger partial charge in [-0.2, -0.15) is 0 Å². The summed E-state index contributed by atoms with van der Waals surface area (Å²) in [6, 6.07) is 10.4. The lowest BCUT2D eigenvalue weighted by molar-refractivity contribution is 0.194. The first-order valence-corrected chi connectivity index (χ1v) is 16.9. The molecule has 0 amide bonds. The van der Waals surface area contributed by atoms with Crippen LogP contribution >= 0.6 is 11.3 Å². The lowest BCUT2D eigenvalue weighted by Gasteiger charge is -2.33. The molecule has 5 nitrogen and oxygen atoms in total. The van der Waals surface area contributed by atoms with Crippen LogP contribution in [0.25, 0.3) is 0 Å². The summed E-state index contributed by atoms with van der Waals surface area (Å²) in [5.74, 6) is 0.293. The number of hydrogen-bond acceptors (Lipinski definition) is 5. The molecule has 1 aliphatic carbocycles. The monoisotopic (exact) mass is 583 g/mol. The molecule has 1 atom stereocenters. The summed E-state index contributed by atoms with van der Waals surface area (Å²) in [6.07, 6.45) is 11.1. The highest BCUT2D eigenvalue weighted by molar-refractivity contribution is 7.92. The third-order valence-electron chi connectivity index (χ3n) is 8.48. The van der Waals surface area contributed by atoms with Gasteiger partial charge in [0.05, 0.1) is 15.6 Å². The molecule has 3 aromatic rings. The fourth-order valence-corrected chi connectivity index (χ4v) is 8.13. The van der Waals surface area contributed by atoms with E-state index in [-0.39, 0.29) is 22.0 Å². The molecular weight excluding hydrogens is 542 g/mol. The van der Waals surface area contributed by atoms with Crippen LogP contribution in [-0.2, 0) is 34.8 Å². The topological polar surface area (TPSA) is 62.3 Å². The van der Waals surface area contributed by atoms with E-state index in [4.69, 9.17) is 0 Å². The number of hydrogen-bond donors (Lipinski definition) is 1. The second kappa shape index (κ2) is 11.9. The van der Waals surface area contributed by atoms with Crippen molar-refractivity contribution >= 4 is 27.0 Å². The van der Waals surface area contributed by atoms with Crippen molar-refractivity contribution in [1.82, 2.24) is 9.88 Å². The van der Waals surface area contributed by atoms with Crippen LogP contribution in [0, 0.1) is 11.7 Å². The van der Waals surface area contributed by atoms with Gasteiger partial charge in [-0.1, -0.05) is 65.0 Å². The fraction of sp³-hybridized carbons (Fsp3) is 0.531. The molecule has 8 heteroatoms. The van der Waals surface area contributed by atoms with Gasteiger partial charge in [-0.25, -0.2) is 17.8 Å². The van der Waals surface area contributed by atoms with Crippen molar-refractivity contribution in [2.24, 2.45) is 5.92 Å². The van der Waals surface area contributed by atoms with Gasteiger partial charge in [0.15, 0.2) is 0 Å². The third-order valence-corrected chi connectivity index (χ3v) is 11.4. The summed E-state index contributed by atoms with van der Waals surface area (Å²) >= 11 is 1.77. The number of halogens is 1. The molecule has 0 radical (unpaired) electrons. The molecule has 0 spiro atoms. The van der Waals surface area contributed by atoms with Crippen LogP contribution in [0.15, 0.2) is 47.5 Å². The molecule has 1 N–H and O–H groups in total. The molecule has 0 saturated heterocycles. The number of thiazole rings is 1. The van der Waals surface area contributed by atoms with Gasteiger partial charge in [0.2, 0.25) is 0 Å². The zero-order valence-corrected chi connectivity index (χ0v) is 25.8.